The van der Waals surface area contributed by atoms with Crippen molar-refractivity contribution in [1.82, 2.24) is 25.5 Å². The summed E-state index contributed by atoms with van der Waals surface area (Å²) in [4.78, 5) is 26.2. The molecule has 12 heteroatoms. The molecule has 3 N–H and O–H groups in total. The maximum absolute atomic E-state index is 16.7. The van der Waals surface area contributed by atoms with Crippen LogP contribution in [0.2, 0.25) is 0 Å². The molecule has 5 heterocycles. The van der Waals surface area contributed by atoms with Gasteiger partial charge < -0.3 is 30.3 Å². The fraction of sp³-hybridized carbons (Fsp3) is 0.472. The first-order chi connectivity index (χ1) is 23.2. The fourth-order valence-corrected chi connectivity index (χ4v) is 8.37. The lowest BCUT2D eigenvalue weighted by molar-refractivity contribution is -0.144. The van der Waals surface area contributed by atoms with Gasteiger partial charge in [0.2, 0.25) is 5.91 Å². The minimum absolute atomic E-state index is 0.00874. The number of benzene rings is 3. The molecule has 2 bridgehead atoms. The van der Waals surface area contributed by atoms with Crippen LogP contribution in [0.1, 0.15) is 38.5 Å². The van der Waals surface area contributed by atoms with Crippen LogP contribution >= 0.6 is 0 Å². The van der Waals surface area contributed by atoms with Crippen LogP contribution in [0.25, 0.3) is 32.8 Å². The molecule has 5 aliphatic rings. The highest BCUT2D eigenvalue weighted by atomic mass is 19.2. The van der Waals surface area contributed by atoms with Crippen molar-refractivity contribution in [2.24, 2.45) is 10.8 Å². The fourth-order valence-electron chi connectivity index (χ4n) is 8.37. The van der Waals surface area contributed by atoms with Crippen molar-refractivity contribution in [2.75, 3.05) is 50.8 Å². The first-order valence-corrected chi connectivity index (χ1v) is 17.0. The molecule has 1 amide bonds. The van der Waals surface area contributed by atoms with Crippen molar-refractivity contribution >= 4 is 33.4 Å². The van der Waals surface area contributed by atoms with E-state index in [1.807, 2.05) is 0 Å². The number of phenolic OH excluding ortho intramolecular Hbond substituents is 1. The van der Waals surface area contributed by atoms with E-state index in [-0.39, 0.29) is 55.9 Å². The van der Waals surface area contributed by atoms with Gasteiger partial charge in [0.15, 0.2) is 17.5 Å². The molecule has 1 aromatic heterocycles. The molecule has 2 unspecified atom stereocenters. The predicted octanol–water partition coefficient (Wildman–Crippen LogP) is 4.88. The van der Waals surface area contributed by atoms with E-state index in [0.717, 1.165) is 70.8 Å². The van der Waals surface area contributed by atoms with Gasteiger partial charge >= 0.3 is 6.01 Å². The number of carbonyl (C=O) groups excluding carboxylic acids is 1. The summed E-state index contributed by atoms with van der Waals surface area (Å²) in [7, 11) is 0. The zero-order valence-corrected chi connectivity index (χ0v) is 26.5. The van der Waals surface area contributed by atoms with Crippen molar-refractivity contribution in [3.05, 3.63) is 53.8 Å². The van der Waals surface area contributed by atoms with Gasteiger partial charge in [-0.15, -0.1) is 0 Å². The van der Waals surface area contributed by atoms with Crippen molar-refractivity contribution in [3.8, 4) is 22.9 Å². The van der Waals surface area contributed by atoms with Crippen LogP contribution in [-0.4, -0.2) is 83.8 Å². The number of phenols is 1. The summed E-state index contributed by atoms with van der Waals surface area (Å²) in [5.74, 6) is -2.32. The Kier molecular flexibility index (Phi) is 6.82. The van der Waals surface area contributed by atoms with E-state index < -0.39 is 17.5 Å². The van der Waals surface area contributed by atoms with Gasteiger partial charge in [-0.05, 0) is 86.8 Å². The molecular formula is C36H37F3N6O3. The number of likely N-dealkylation sites (tertiary alicyclic amines) is 1. The molecule has 48 heavy (non-hydrogen) atoms. The van der Waals surface area contributed by atoms with E-state index in [0.29, 0.717) is 43.0 Å². The number of aromatic hydroxyl groups is 1. The number of rotatable bonds is 7. The number of anilines is 1. The van der Waals surface area contributed by atoms with Crippen molar-refractivity contribution in [1.29, 1.82) is 0 Å². The summed E-state index contributed by atoms with van der Waals surface area (Å²) < 4.78 is 52.6. The van der Waals surface area contributed by atoms with Gasteiger partial charge in [0.25, 0.3) is 0 Å². The second-order valence-electron chi connectivity index (χ2n) is 14.7. The van der Waals surface area contributed by atoms with Gasteiger partial charge in [0, 0.05) is 60.0 Å². The Balaban J connectivity index is 1.06. The van der Waals surface area contributed by atoms with E-state index >= 15 is 8.78 Å². The molecule has 1 saturated carbocycles. The van der Waals surface area contributed by atoms with Gasteiger partial charge in [-0.25, -0.2) is 13.2 Å². The number of halogens is 3. The number of hydrogen-bond donors (Lipinski definition) is 3. The molecule has 3 aromatic carbocycles. The number of piperidine rings is 1. The summed E-state index contributed by atoms with van der Waals surface area (Å²) in [6.07, 6.45) is 5.86. The highest BCUT2D eigenvalue weighted by molar-refractivity contribution is 6.01. The normalized spacial score (nSPS) is 24.2. The zero-order chi connectivity index (χ0) is 32.8. The Morgan fingerprint density at radius 1 is 0.938 bits per heavy atom. The number of hydrogen-bond acceptors (Lipinski definition) is 8. The Morgan fingerprint density at radius 2 is 1.71 bits per heavy atom. The second kappa shape index (κ2) is 10.9. The molecular weight excluding hydrogens is 621 g/mol. The lowest BCUT2D eigenvalue weighted by atomic mass is 9.72. The molecule has 1 aliphatic carbocycles. The Hall–Kier alpha value is -4.16. The first-order valence-electron chi connectivity index (χ1n) is 17.0. The Morgan fingerprint density at radius 3 is 2.40 bits per heavy atom. The lowest BCUT2D eigenvalue weighted by Gasteiger charge is -2.47. The van der Waals surface area contributed by atoms with Crippen molar-refractivity contribution < 1.29 is 27.8 Å². The summed E-state index contributed by atoms with van der Waals surface area (Å²) >= 11 is 0. The minimum Gasteiger partial charge on any atom is -0.508 e. The molecule has 2 atom stereocenters. The number of fused-ring (bicyclic) bond motifs is 4. The zero-order valence-electron chi connectivity index (χ0n) is 26.5. The first kappa shape index (κ1) is 29.9. The van der Waals surface area contributed by atoms with Gasteiger partial charge in [-0.2, -0.15) is 9.97 Å². The molecule has 4 saturated heterocycles. The third kappa shape index (κ3) is 4.94. The third-order valence-corrected chi connectivity index (χ3v) is 11.5. The monoisotopic (exact) mass is 658 g/mol. The summed E-state index contributed by atoms with van der Waals surface area (Å²) in [5, 5.41) is 17.6. The Labute approximate surface area is 275 Å². The number of piperazine rings is 1. The topological polar surface area (TPSA) is 103 Å². The summed E-state index contributed by atoms with van der Waals surface area (Å²) in [6.45, 7) is 5.19. The number of β-lactam (4-membered cyclic amide) rings is 1. The molecule has 9 nitrogen and oxygen atoms in total. The largest absolute Gasteiger partial charge is 0.508 e. The van der Waals surface area contributed by atoms with Crippen LogP contribution in [0.3, 0.4) is 0 Å². The molecule has 1 spiro atoms. The van der Waals surface area contributed by atoms with Crippen LogP contribution in [-0.2, 0) is 4.79 Å². The summed E-state index contributed by atoms with van der Waals surface area (Å²) in [6, 6.07) is 8.86. The number of nitrogens with zero attached hydrogens (tertiary/aromatic N) is 4. The van der Waals surface area contributed by atoms with Crippen molar-refractivity contribution in [2.45, 2.75) is 50.6 Å². The standard InChI is InChI=1S/C36H37F3N6O3/c37-27-6-1-20-13-23(46)14-26(28(20)30(27)39)24-4-5-25-31(29(24)38)42-34(43-32(25)45-15-21-2-3-22(16-45)41-21)48-19-35(7-8-35)18-44-11-9-36(10-12-44)17-40-33(36)47/h1,4-6,13-14,21-22,41,46H,2-3,7-12,15-19H2,(H,40,47). The Bertz CT molecular complexity index is 1970. The number of ether oxygens (including phenoxy) is 1. The maximum Gasteiger partial charge on any atom is 0.319 e. The van der Waals surface area contributed by atoms with Gasteiger partial charge in [-0.1, -0.05) is 12.1 Å². The maximum atomic E-state index is 16.7. The molecule has 250 valence electrons. The van der Waals surface area contributed by atoms with E-state index in [9.17, 15) is 14.3 Å². The number of carbonyl (C=O) groups is 1. The van der Waals surface area contributed by atoms with Crippen LogP contribution in [0.15, 0.2) is 36.4 Å². The highest BCUT2D eigenvalue weighted by Crippen LogP contribution is 2.48. The van der Waals surface area contributed by atoms with Crippen molar-refractivity contribution in [3.63, 3.8) is 0 Å². The number of nitrogens with one attached hydrogen (secondary N) is 2. The minimum atomic E-state index is -1.11. The van der Waals surface area contributed by atoms with E-state index in [1.54, 1.807) is 6.07 Å². The van der Waals surface area contributed by atoms with Crippen LogP contribution in [0.4, 0.5) is 19.0 Å². The van der Waals surface area contributed by atoms with Gasteiger partial charge in [0.1, 0.15) is 17.1 Å². The quantitative estimate of drug-likeness (QED) is 0.242. The van der Waals surface area contributed by atoms with E-state index in [4.69, 9.17) is 9.72 Å². The molecule has 5 fully saturated rings. The lowest BCUT2D eigenvalue weighted by Crippen LogP contribution is -2.63. The summed E-state index contributed by atoms with van der Waals surface area (Å²) in [5.41, 5.74) is -0.191. The molecule has 0 radical (unpaired) electrons. The SMILES string of the molecule is O=C1NCC12CCN(CC1(COc3nc(N4CC5CCC(C4)N5)c4ccc(-c5cc(O)cc6ccc(F)c(F)c56)c(F)c4n3)CC1)CC2. The second-order valence-corrected chi connectivity index (χ2v) is 14.7. The average Bonchev–Trinajstić information content (AvgIpc) is 3.78. The number of amides is 1. The van der Waals surface area contributed by atoms with Crippen LogP contribution in [0, 0.1) is 28.3 Å². The van der Waals surface area contributed by atoms with Gasteiger partial charge in [0.05, 0.1) is 12.0 Å². The van der Waals surface area contributed by atoms with Crippen LogP contribution < -0.4 is 20.3 Å². The predicted molar refractivity (Wildman–Crippen MR) is 174 cm³/mol. The smallest absolute Gasteiger partial charge is 0.319 e. The molecule has 4 aromatic rings. The van der Waals surface area contributed by atoms with Crippen LogP contribution in [0.5, 0.6) is 11.8 Å². The third-order valence-electron chi connectivity index (χ3n) is 11.5. The van der Waals surface area contributed by atoms with Gasteiger partial charge in [-0.3, -0.25) is 4.79 Å². The highest BCUT2D eigenvalue weighted by Gasteiger charge is 2.50. The molecule has 9 rings (SSSR count). The van der Waals surface area contributed by atoms with E-state index in [2.05, 4.69) is 25.4 Å². The van der Waals surface area contributed by atoms with E-state index in [1.165, 1.54) is 24.3 Å². The average molecular weight is 659 g/mol. The number of aromatic nitrogens is 2. The molecule has 4 aliphatic heterocycles.